The van der Waals surface area contributed by atoms with Crippen molar-refractivity contribution < 1.29 is 4.42 Å². The molecule has 13 heavy (non-hydrogen) atoms. The molecule has 0 fully saturated rings. The van der Waals surface area contributed by atoms with E-state index in [0.29, 0.717) is 0 Å². The summed E-state index contributed by atoms with van der Waals surface area (Å²) in [4.78, 5) is 4.21. The van der Waals surface area contributed by atoms with E-state index < -0.39 is 0 Å². The maximum Gasteiger partial charge on any atom is 0.191 e. The first-order valence-electron chi connectivity index (χ1n) is 4.29. The van der Waals surface area contributed by atoms with Gasteiger partial charge >= 0.3 is 0 Å². The lowest BCUT2D eigenvalue weighted by atomic mass is 10.4. The summed E-state index contributed by atoms with van der Waals surface area (Å²) in [5, 5.41) is 0. The van der Waals surface area contributed by atoms with Crippen LogP contribution in [0.5, 0.6) is 0 Å². The number of rotatable bonds is 2. The third-order valence-corrected chi connectivity index (χ3v) is 1.99. The lowest BCUT2D eigenvalue weighted by Gasteiger charge is -1.98. The topological polar surface area (TPSA) is 31.0 Å². The zero-order chi connectivity index (χ0) is 9.26. The Morgan fingerprint density at radius 1 is 1.31 bits per heavy atom. The quantitative estimate of drug-likeness (QED) is 0.702. The first-order chi connectivity index (χ1) is 6.25. The van der Waals surface area contributed by atoms with E-state index in [2.05, 4.69) is 9.55 Å². The molecule has 0 atom stereocenters. The third kappa shape index (κ3) is 1.64. The van der Waals surface area contributed by atoms with Crippen LogP contribution < -0.4 is 0 Å². The van der Waals surface area contributed by atoms with Crippen molar-refractivity contribution >= 4 is 0 Å². The van der Waals surface area contributed by atoms with Gasteiger partial charge in [0.15, 0.2) is 5.89 Å². The lowest BCUT2D eigenvalue weighted by molar-refractivity contribution is 0.461. The van der Waals surface area contributed by atoms with Crippen molar-refractivity contribution in [1.29, 1.82) is 0 Å². The Morgan fingerprint density at radius 3 is 2.54 bits per heavy atom. The molecule has 0 saturated carbocycles. The van der Waals surface area contributed by atoms with E-state index in [0.717, 1.165) is 23.9 Å². The minimum atomic E-state index is 0.736. The highest BCUT2D eigenvalue weighted by Crippen LogP contribution is 2.10. The smallest absolute Gasteiger partial charge is 0.191 e. The van der Waals surface area contributed by atoms with Crippen LogP contribution in [0.25, 0.3) is 0 Å². The summed E-state index contributed by atoms with van der Waals surface area (Å²) in [7, 11) is 0. The van der Waals surface area contributed by atoms with E-state index in [1.807, 2.05) is 38.4 Å². The minimum absolute atomic E-state index is 0.736. The molecule has 2 aromatic heterocycles. The fourth-order valence-corrected chi connectivity index (χ4v) is 1.36. The Morgan fingerprint density at radius 2 is 2.00 bits per heavy atom. The van der Waals surface area contributed by atoms with Crippen molar-refractivity contribution in [2.45, 2.75) is 20.4 Å². The molecule has 0 N–H and O–H groups in total. The van der Waals surface area contributed by atoms with Crippen LogP contribution in [0.15, 0.2) is 28.9 Å². The van der Waals surface area contributed by atoms with E-state index in [1.54, 1.807) is 0 Å². The molecule has 0 aliphatic carbocycles. The fraction of sp³-hybridized carbons (Fsp3) is 0.300. The molecule has 0 saturated heterocycles. The summed E-state index contributed by atoms with van der Waals surface area (Å²) < 4.78 is 7.52. The predicted molar refractivity (Wildman–Crippen MR) is 49.5 cm³/mol. The van der Waals surface area contributed by atoms with Gasteiger partial charge in [-0.1, -0.05) is 0 Å². The molecule has 2 rings (SSSR count). The van der Waals surface area contributed by atoms with Crippen LogP contribution >= 0.6 is 0 Å². The molecule has 0 unspecified atom stereocenters. The van der Waals surface area contributed by atoms with Gasteiger partial charge in [0.2, 0.25) is 0 Å². The monoisotopic (exact) mass is 176 g/mol. The van der Waals surface area contributed by atoms with Crippen molar-refractivity contribution in [1.82, 2.24) is 9.55 Å². The average molecular weight is 176 g/mol. The molecule has 0 aromatic carbocycles. The SMILES string of the molecule is Cc1nc(C)c(Cn2cccc2)o1. The normalized spacial score (nSPS) is 10.6. The number of nitrogens with zero attached hydrogens (tertiary/aromatic N) is 2. The van der Waals surface area contributed by atoms with Crippen LogP contribution in [-0.2, 0) is 6.54 Å². The van der Waals surface area contributed by atoms with Crippen molar-refractivity contribution in [2.75, 3.05) is 0 Å². The summed E-state index contributed by atoms with van der Waals surface area (Å²) in [5.74, 6) is 1.67. The molecule has 0 amide bonds. The number of hydrogen-bond donors (Lipinski definition) is 0. The Kier molecular flexibility index (Phi) is 1.93. The lowest BCUT2D eigenvalue weighted by Crippen LogP contribution is -1.95. The molecule has 2 aromatic rings. The molecule has 68 valence electrons. The van der Waals surface area contributed by atoms with Gasteiger partial charge in [0.25, 0.3) is 0 Å². The third-order valence-electron chi connectivity index (χ3n) is 1.99. The van der Waals surface area contributed by atoms with Crippen molar-refractivity contribution in [3.05, 3.63) is 41.9 Å². The number of aromatic nitrogens is 2. The number of oxazole rings is 1. The summed E-state index contributed by atoms with van der Waals surface area (Å²) in [5.41, 5.74) is 0.978. The molecule has 2 heterocycles. The zero-order valence-corrected chi connectivity index (χ0v) is 7.82. The molecular weight excluding hydrogens is 164 g/mol. The second-order valence-electron chi connectivity index (χ2n) is 3.10. The van der Waals surface area contributed by atoms with Gasteiger partial charge in [-0.2, -0.15) is 0 Å². The van der Waals surface area contributed by atoms with Crippen LogP contribution in [0.3, 0.4) is 0 Å². The van der Waals surface area contributed by atoms with Gasteiger partial charge in [-0.05, 0) is 19.1 Å². The van der Waals surface area contributed by atoms with E-state index in [1.165, 1.54) is 0 Å². The second kappa shape index (κ2) is 3.09. The average Bonchev–Trinajstić information content (AvgIpc) is 2.63. The Bertz CT molecular complexity index is 387. The highest BCUT2D eigenvalue weighted by Gasteiger charge is 2.05. The molecule has 0 aliphatic heterocycles. The second-order valence-corrected chi connectivity index (χ2v) is 3.10. The Hall–Kier alpha value is -1.51. The van der Waals surface area contributed by atoms with Gasteiger partial charge in [0, 0.05) is 19.3 Å². The standard InChI is InChI=1S/C10H12N2O/c1-8-10(13-9(2)11-8)7-12-5-3-4-6-12/h3-6H,7H2,1-2H3. The summed E-state index contributed by atoms with van der Waals surface area (Å²) in [6, 6.07) is 4.00. The number of aryl methyl sites for hydroxylation is 2. The largest absolute Gasteiger partial charge is 0.444 e. The van der Waals surface area contributed by atoms with Crippen LogP contribution in [-0.4, -0.2) is 9.55 Å². The van der Waals surface area contributed by atoms with E-state index >= 15 is 0 Å². The predicted octanol–water partition coefficient (Wildman–Crippen LogP) is 2.14. The van der Waals surface area contributed by atoms with Crippen LogP contribution in [0.1, 0.15) is 17.3 Å². The van der Waals surface area contributed by atoms with Crippen LogP contribution in [0.2, 0.25) is 0 Å². The highest BCUT2D eigenvalue weighted by molar-refractivity contribution is 5.08. The molecule has 0 radical (unpaired) electrons. The van der Waals surface area contributed by atoms with Crippen LogP contribution in [0.4, 0.5) is 0 Å². The molecule has 3 heteroatoms. The first kappa shape index (κ1) is 8.10. The molecule has 0 spiro atoms. The van der Waals surface area contributed by atoms with Crippen molar-refractivity contribution in [2.24, 2.45) is 0 Å². The van der Waals surface area contributed by atoms with Gasteiger partial charge in [0.05, 0.1) is 12.2 Å². The van der Waals surface area contributed by atoms with E-state index in [4.69, 9.17) is 4.42 Å². The minimum Gasteiger partial charge on any atom is -0.444 e. The first-order valence-corrected chi connectivity index (χ1v) is 4.29. The molecule has 0 bridgehead atoms. The van der Waals surface area contributed by atoms with Crippen molar-refractivity contribution in [3.8, 4) is 0 Å². The Labute approximate surface area is 77.0 Å². The van der Waals surface area contributed by atoms with Gasteiger partial charge < -0.3 is 8.98 Å². The maximum atomic E-state index is 5.46. The summed E-state index contributed by atoms with van der Waals surface area (Å²) in [6.07, 6.45) is 4.02. The molecule has 3 nitrogen and oxygen atoms in total. The maximum absolute atomic E-state index is 5.46. The zero-order valence-electron chi connectivity index (χ0n) is 7.82. The Balaban J connectivity index is 2.23. The highest BCUT2D eigenvalue weighted by atomic mass is 16.4. The van der Waals surface area contributed by atoms with Gasteiger partial charge in [0.1, 0.15) is 5.76 Å². The number of hydrogen-bond acceptors (Lipinski definition) is 2. The fourth-order valence-electron chi connectivity index (χ4n) is 1.36. The van der Waals surface area contributed by atoms with Gasteiger partial charge in [-0.15, -0.1) is 0 Å². The molecular formula is C10H12N2O. The van der Waals surface area contributed by atoms with Gasteiger partial charge in [-0.25, -0.2) is 4.98 Å². The van der Waals surface area contributed by atoms with Crippen molar-refractivity contribution in [3.63, 3.8) is 0 Å². The van der Waals surface area contributed by atoms with Crippen LogP contribution in [0, 0.1) is 13.8 Å². The van der Waals surface area contributed by atoms with E-state index in [-0.39, 0.29) is 0 Å². The van der Waals surface area contributed by atoms with E-state index in [9.17, 15) is 0 Å². The summed E-state index contributed by atoms with van der Waals surface area (Å²) >= 11 is 0. The molecule has 0 aliphatic rings. The van der Waals surface area contributed by atoms with Gasteiger partial charge in [-0.3, -0.25) is 0 Å². The summed E-state index contributed by atoms with van der Waals surface area (Å²) in [6.45, 7) is 4.60.